The van der Waals surface area contributed by atoms with Gasteiger partial charge in [-0.3, -0.25) is 0 Å². The molecule has 0 spiro atoms. The van der Waals surface area contributed by atoms with Gasteiger partial charge in [0.25, 0.3) is 0 Å². The summed E-state index contributed by atoms with van der Waals surface area (Å²) < 4.78 is 6.04. The largest absolute Gasteiger partial charge is 0.489 e. The minimum absolute atomic E-state index is 0. The van der Waals surface area contributed by atoms with Crippen molar-refractivity contribution in [2.75, 3.05) is 0 Å². The molecule has 0 bridgehead atoms. The van der Waals surface area contributed by atoms with Gasteiger partial charge in [0.05, 0.1) is 0 Å². The number of benzene rings is 2. The molecule has 23 heavy (non-hydrogen) atoms. The van der Waals surface area contributed by atoms with Crippen molar-refractivity contribution in [2.45, 2.75) is 51.8 Å². The van der Waals surface area contributed by atoms with Gasteiger partial charge in [-0.1, -0.05) is 60.9 Å². The molecule has 0 radical (unpaired) electrons. The number of hydrogen-bond acceptors (Lipinski definition) is 2. The van der Waals surface area contributed by atoms with Gasteiger partial charge in [-0.15, -0.1) is 12.4 Å². The lowest BCUT2D eigenvalue weighted by Crippen LogP contribution is -2.25. The number of hydrogen-bond donors (Lipinski definition) is 1. The highest BCUT2D eigenvalue weighted by Gasteiger charge is 2.14. The third-order valence-corrected chi connectivity index (χ3v) is 4.42. The topological polar surface area (TPSA) is 21.3 Å². The molecule has 0 heterocycles. The van der Waals surface area contributed by atoms with Gasteiger partial charge in [-0.25, -0.2) is 0 Å². The Bertz CT molecular complexity index is 591. The van der Waals surface area contributed by atoms with Crippen molar-refractivity contribution in [1.82, 2.24) is 5.32 Å². The highest BCUT2D eigenvalue weighted by atomic mass is 35.5. The second-order valence-electron chi connectivity index (χ2n) is 6.24. The molecule has 1 aliphatic rings. The molecule has 0 aliphatic heterocycles. The smallest absolute Gasteiger partial charge is 0.124 e. The molecule has 0 aromatic heterocycles. The maximum atomic E-state index is 6.04. The number of nitrogens with one attached hydrogen (secondary N) is 1. The lowest BCUT2D eigenvalue weighted by Gasteiger charge is -2.15. The fourth-order valence-corrected chi connectivity index (χ4v) is 3.02. The van der Waals surface area contributed by atoms with E-state index in [1.807, 2.05) is 6.07 Å². The van der Waals surface area contributed by atoms with Crippen LogP contribution in [-0.2, 0) is 13.2 Å². The monoisotopic (exact) mass is 331 g/mol. The van der Waals surface area contributed by atoms with Crippen LogP contribution in [0.15, 0.2) is 48.5 Å². The molecule has 2 aromatic carbocycles. The Morgan fingerprint density at radius 2 is 1.70 bits per heavy atom. The summed E-state index contributed by atoms with van der Waals surface area (Å²) in [4.78, 5) is 0. The first-order valence-electron chi connectivity index (χ1n) is 8.31. The molecule has 124 valence electrons. The lowest BCUT2D eigenvalue weighted by atomic mass is 10.1. The normalized spacial score (nSPS) is 14.5. The van der Waals surface area contributed by atoms with Crippen LogP contribution in [0.25, 0.3) is 0 Å². The summed E-state index contributed by atoms with van der Waals surface area (Å²) in [7, 11) is 0. The summed E-state index contributed by atoms with van der Waals surface area (Å²) in [5.41, 5.74) is 3.75. The summed E-state index contributed by atoms with van der Waals surface area (Å²) in [5, 5.41) is 3.66. The standard InChI is InChI=1S/C20H25NO.ClH/c1-16-10-12-17(13-11-16)15-22-20-9-5-2-6-18(20)14-21-19-7-3-4-8-19;/h2,5-6,9-13,19,21H,3-4,7-8,14-15H2,1H3;1H. The Morgan fingerprint density at radius 1 is 1.00 bits per heavy atom. The quantitative estimate of drug-likeness (QED) is 0.801. The van der Waals surface area contributed by atoms with Crippen LogP contribution in [0, 0.1) is 6.92 Å². The second kappa shape index (κ2) is 8.95. The summed E-state index contributed by atoms with van der Waals surface area (Å²) in [6, 6.07) is 17.6. The van der Waals surface area contributed by atoms with E-state index in [1.54, 1.807) is 0 Å². The van der Waals surface area contributed by atoms with E-state index < -0.39 is 0 Å². The van der Waals surface area contributed by atoms with Crippen molar-refractivity contribution in [3.8, 4) is 5.75 Å². The van der Waals surface area contributed by atoms with Gasteiger partial charge < -0.3 is 10.1 Å². The first-order chi connectivity index (χ1) is 10.8. The van der Waals surface area contributed by atoms with E-state index in [1.165, 1.54) is 42.4 Å². The maximum absolute atomic E-state index is 6.04. The van der Waals surface area contributed by atoms with Crippen molar-refractivity contribution in [3.63, 3.8) is 0 Å². The van der Waals surface area contributed by atoms with Crippen LogP contribution in [0.5, 0.6) is 5.75 Å². The van der Waals surface area contributed by atoms with Crippen molar-refractivity contribution in [2.24, 2.45) is 0 Å². The maximum Gasteiger partial charge on any atom is 0.124 e. The van der Waals surface area contributed by atoms with Crippen LogP contribution in [0.1, 0.15) is 42.4 Å². The molecule has 2 aromatic rings. The van der Waals surface area contributed by atoms with E-state index >= 15 is 0 Å². The second-order valence-corrected chi connectivity index (χ2v) is 6.24. The van der Waals surface area contributed by atoms with Crippen LogP contribution >= 0.6 is 12.4 Å². The van der Waals surface area contributed by atoms with E-state index in [9.17, 15) is 0 Å². The van der Waals surface area contributed by atoms with Crippen molar-refractivity contribution < 1.29 is 4.74 Å². The molecule has 1 aliphatic carbocycles. The zero-order valence-electron chi connectivity index (χ0n) is 13.8. The van der Waals surface area contributed by atoms with E-state index in [0.29, 0.717) is 12.6 Å². The van der Waals surface area contributed by atoms with Gasteiger partial charge in [0.2, 0.25) is 0 Å². The van der Waals surface area contributed by atoms with Crippen LogP contribution in [0.3, 0.4) is 0 Å². The molecular formula is C20H26ClNO. The first-order valence-corrected chi connectivity index (χ1v) is 8.31. The van der Waals surface area contributed by atoms with Gasteiger partial charge >= 0.3 is 0 Å². The van der Waals surface area contributed by atoms with Crippen LogP contribution < -0.4 is 10.1 Å². The minimum atomic E-state index is 0. The molecule has 3 rings (SSSR count). The van der Waals surface area contributed by atoms with E-state index in [2.05, 4.69) is 54.7 Å². The van der Waals surface area contributed by atoms with E-state index in [0.717, 1.165) is 12.3 Å². The molecule has 2 nitrogen and oxygen atoms in total. The summed E-state index contributed by atoms with van der Waals surface area (Å²) in [6.07, 6.45) is 5.35. The summed E-state index contributed by atoms with van der Waals surface area (Å²) >= 11 is 0. The molecule has 0 amide bonds. The van der Waals surface area contributed by atoms with Crippen molar-refractivity contribution >= 4 is 12.4 Å². The van der Waals surface area contributed by atoms with Crippen LogP contribution in [0.4, 0.5) is 0 Å². The van der Waals surface area contributed by atoms with Crippen molar-refractivity contribution in [3.05, 3.63) is 65.2 Å². The number of halogens is 1. The van der Waals surface area contributed by atoms with Crippen LogP contribution in [0.2, 0.25) is 0 Å². The van der Waals surface area contributed by atoms with Gasteiger partial charge in [0.1, 0.15) is 12.4 Å². The third-order valence-electron chi connectivity index (χ3n) is 4.42. The Balaban J connectivity index is 0.00000192. The van der Waals surface area contributed by atoms with E-state index in [4.69, 9.17) is 4.74 Å². The van der Waals surface area contributed by atoms with E-state index in [-0.39, 0.29) is 12.4 Å². The summed E-state index contributed by atoms with van der Waals surface area (Å²) in [5.74, 6) is 0.994. The SMILES string of the molecule is Cc1ccc(COc2ccccc2CNC2CCCC2)cc1.Cl. The predicted octanol–water partition coefficient (Wildman–Crippen LogP) is 5.03. The Kier molecular flexibility index (Phi) is 6.94. The Hall–Kier alpha value is -1.51. The molecule has 0 atom stereocenters. The number of rotatable bonds is 6. The number of para-hydroxylation sites is 1. The molecule has 3 heteroatoms. The van der Waals surface area contributed by atoms with Gasteiger partial charge in [0, 0.05) is 18.2 Å². The first kappa shape index (κ1) is 17.8. The van der Waals surface area contributed by atoms with Crippen molar-refractivity contribution in [1.29, 1.82) is 0 Å². The van der Waals surface area contributed by atoms with Gasteiger partial charge in [-0.2, -0.15) is 0 Å². The van der Waals surface area contributed by atoms with Crippen LogP contribution in [-0.4, -0.2) is 6.04 Å². The highest BCUT2D eigenvalue weighted by molar-refractivity contribution is 5.85. The number of aryl methyl sites for hydroxylation is 1. The minimum Gasteiger partial charge on any atom is -0.489 e. The fourth-order valence-electron chi connectivity index (χ4n) is 3.02. The molecule has 1 fully saturated rings. The average molecular weight is 332 g/mol. The average Bonchev–Trinajstić information content (AvgIpc) is 3.07. The zero-order chi connectivity index (χ0) is 15.2. The molecule has 0 saturated heterocycles. The van der Waals surface area contributed by atoms with Gasteiger partial charge in [0.15, 0.2) is 0 Å². The lowest BCUT2D eigenvalue weighted by molar-refractivity contribution is 0.301. The Labute approximate surface area is 145 Å². The molecular weight excluding hydrogens is 306 g/mol. The molecule has 0 unspecified atom stereocenters. The molecule has 1 saturated carbocycles. The Morgan fingerprint density at radius 3 is 2.43 bits per heavy atom. The third kappa shape index (κ3) is 5.26. The zero-order valence-corrected chi connectivity index (χ0v) is 14.6. The van der Waals surface area contributed by atoms with Gasteiger partial charge in [-0.05, 0) is 31.4 Å². The fraction of sp³-hybridized carbons (Fsp3) is 0.400. The summed E-state index contributed by atoms with van der Waals surface area (Å²) in [6.45, 7) is 3.63. The highest BCUT2D eigenvalue weighted by Crippen LogP contribution is 2.22. The molecule has 1 N–H and O–H groups in total. The number of ether oxygens (including phenoxy) is 1. The predicted molar refractivity (Wildman–Crippen MR) is 98.3 cm³/mol.